The lowest BCUT2D eigenvalue weighted by Gasteiger charge is -2.30. The van der Waals surface area contributed by atoms with E-state index in [0.29, 0.717) is 27.8 Å². The number of hydrogen-bond donors (Lipinski definition) is 1. The SMILES string of the molecule is CCC1(O)CN(c2ccc(Cl)cc2)C(=O)N1c1ccc(Cl)cc1. The normalized spacial score (nSPS) is 21.1. The first kappa shape index (κ1) is 16.1. The van der Waals surface area contributed by atoms with E-state index in [-0.39, 0.29) is 12.6 Å². The number of nitrogens with zero attached hydrogens (tertiary/aromatic N) is 2. The molecule has 1 heterocycles. The van der Waals surface area contributed by atoms with E-state index in [2.05, 4.69) is 0 Å². The topological polar surface area (TPSA) is 43.8 Å². The molecule has 4 nitrogen and oxygen atoms in total. The van der Waals surface area contributed by atoms with Gasteiger partial charge in [-0.15, -0.1) is 0 Å². The van der Waals surface area contributed by atoms with Crippen molar-refractivity contribution in [2.24, 2.45) is 0 Å². The Balaban J connectivity index is 2.00. The molecule has 120 valence electrons. The van der Waals surface area contributed by atoms with Crippen molar-refractivity contribution in [1.29, 1.82) is 0 Å². The number of benzene rings is 2. The van der Waals surface area contributed by atoms with Crippen LogP contribution in [0.15, 0.2) is 48.5 Å². The molecule has 1 saturated heterocycles. The number of rotatable bonds is 3. The van der Waals surface area contributed by atoms with Crippen LogP contribution in [-0.2, 0) is 0 Å². The van der Waals surface area contributed by atoms with Crippen LogP contribution in [0.25, 0.3) is 0 Å². The monoisotopic (exact) mass is 350 g/mol. The van der Waals surface area contributed by atoms with Crippen molar-refractivity contribution in [2.45, 2.75) is 19.1 Å². The van der Waals surface area contributed by atoms with Crippen molar-refractivity contribution in [3.8, 4) is 0 Å². The molecule has 2 amide bonds. The maximum atomic E-state index is 12.9. The Morgan fingerprint density at radius 1 is 1.00 bits per heavy atom. The van der Waals surface area contributed by atoms with Crippen molar-refractivity contribution in [3.63, 3.8) is 0 Å². The second-order valence-corrected chi connectivity index (χ2v) is 6.37. The van der Waals surface area contributed by atoms with Crippen LogP contribution in [0.5, 0.6) is 0 Å². The fourth-order valence-electron chi connectivity index (χ4n) is 2.72. The van der Waals surface area contributed by atoms with Gasteiger partial charge in [0.1, 0.15) is 0 Å². The Morgan fingerprint density at radius 2 is 1.48 bits per heavy atom. The van der Waals surface area contributed by atoms with Crippen molar-refractivity contribution < 1.29 is 9.90 Å². The summed E-state index contributed by atoms with van der Waals surface area (Å²) < 4.78 is 0. The molecule has 6 heteroatoms. The van der Waals surface area contributed by atoms with E-state index >= 15 is 0 Å². The number of carbonyl (C=O) groups is 1. The van der Waals surface area contributed by atoms with Gasteiger partial charge < -0.3 is 5.11 Å². The summed E-state index contributed by atoms with van der Waals surface area (Å²) in [6.07, 6.45) is 0.408. The van der Waals surface area contributed by atoms with E-state index < -0.39 is 5.72 Å². The van der Waals surface area contributed by atoms with Gasteiger partial charge in [0.25, 0.3) is 0 Å². The molecule has 1 N–H and O–H groups in total. The Hall–Kier alpha value is -1.75. The van der Waals surface area contributed by atoms with Crippen LogP contribution < -0.4 is 9.80 Å². The van der Waals surface area contributed by atoms with Gasteiger partial charge in [-0.2, -0.15) is 0 Å². The van der Waals surface area contributed by atoms with Gasteiger partial charge in [-0.3, -0.25) is 9.80 Å². The van der Waals surface area contributed by atoms with Gasteiger partial charge in [0.2, 0.25) is 0 Å². The van der Waals surface area contributed by atoms with E-state index in [4.69, 9.17) is 23.2 Å². The van der Waals surface area contributed by atoms with Gasteiger partial charge in [0, 0.05) is 21.4 Å². The van der Waals surface area contributed by atoms with E-state index in [1.165, 1.54) is 4.90 Å². The fraction of sp³-hybridized carbons (Fsp3) is 0.235. The van der Waals surface area contributed by atoms with E-state index in [1.807, 2.05) is 6.92 Å². The predicted molar refractivity (Wildman–Crippen MR) is 93.4 cm³/mol. The molecule has 0 bridgehead atoms. The Morgan fingerprint density at radius 3 is 1.96 bits per heavy atom. The van der Waals surface area contributed by atoms with Gasteiger partial charge in [0.05, 0.1) is 6.54 Å². The van der Waals surface area contributed by atoms with Crippen LogP contribution in [-0.4, -0.2) is 23.4 Å². The third kappa shape index (κ3) is 2.90. The molecular weight excluding hydrogens is 335 g/mol. The zero-order valence-electron chi connectivity index (χ0n) is 12.5. The number of anilines is 2. The first-order valence-corrected chi connectivity index (χ1v) is 8.05. The molecule has 1 aliphatic rings. The average molecular weight is 351 g/mol. The van der Waals surface area contributed by atoms with Crippen molar-refractivity contribution in [2.75, 3.05) is 16.3 Å². The molecule has 0 saturated carbocycles. The van der Waals surface area contributed by atoms with Crippen LogP contribution in [0.4, 0.5) is 16.2 Å². The van der Waals surface area contributed by atoms with Crippen molar-refractivity contribution in [3.05, 3.63) is 58.6 Å². The number of carbonyl (C=O) groups excluding carboxylic acids is 1. The maximum Gasteiger partial charge on any atom is 0.331 e. The minimum Gasteiger partial charge on any atom is -0.369 e. The molecule has 0 aliphatic carbocycles. The number of β-amino-alcohol motifs (C(OH)–C–C–N with tert-alkyl or cyclic N) is 1. The number of aliphatic hydroxyl groups is 1. The molecule has 0 aromatic heterocycles. The van der Waals surface area contributed by atoms with Gasteiger partial charge >= 0.3 is 6.03 Å². The highest BCUT2D eigenvalue weighted by Crippen LogP contribution is 2.36. The lowest BCUT2D eigenvalue weighted by atomic mass is 10.1. The fourth-order valence-corrected chi connectivity index (χ4v) is 2.98. The number of amides is 2. The molecule has 2 aromatic carbocycles. The highest BCUT2D eigenvalue weighted by atomic mass is 35.5. The van der Waals surface area contributed by atoms with Gasteiger partial charge in [-0.1, -0.05) is 30.1 Å². The number of hydrogen-bond acceptors (Lipinski definition) is 2. The molecule has 23 heavy (non-hydrogen) atoms. The van der Waals surface area contributed by atoms with Crippen molar-refractivity contribution >= 4 is 40.6 Å². The first-order valence-electron chi connectivity index (χ1n) is 7.30. The van der Waals surface area contributed by atoms with Crippen molar-refractivity contribution in [1.82, 2.24) is 0 Å². The first-order chi connectivity index (χ1) is 10.9. The maximum absolute atomic E-state index is 12.9. The number of halogens is 2. The Labute approximate surface area is 144 Å². The lowest BCUT2D eigenvalue weighted by Crippen LogP contribution is -2.46. The number of urea groups is 1. The molecule has 1 unspecified atom stereocenters. The molecule has 1 fully saturated rings. The van der Waals surface area contributed by atoms with Crippen LogP contribution in [0, 0.1) is 0 Å². The summed E-state index contributed by atoms with van der Waals surface area (Å²) in [7, 11) is 0. The van der Waals surface area contributed by atoms with E-state index in [1.54, 1.807) is 53.4 Å². The smallest absolute Gasteiger partial charge is 0.331 e. The molecule has 1 atom stereocenters. The van der Waals surface area contributed by atoms with Crippen LogP contribution >= 0.6 is 23.2 Å². The van der Waals surface area contributed by atoms with Gasteiger partial charge in [0.15, 0.2) is 5.72 Å². The summed E-state index contributed by atoms with van der Waals surface area (Å²) in [5.41, 5.74) is 0.0350. The molecule has 0 spiro atoms. The lowest BCUT2D eigenvalue weighted by molar-refractivity contribution is 0.0640. The Kier molecular flexibility index (Phi) is 4.23. The summed E-state index contributed by atoms with van der Waals surface area (Å²) in [5.74, 6) is 0. The van der Waals surface area contributed by atoms with Crippen LogP contribution in [0.2, 0.25) is 10.0 Å². The Bertz CT molecular complexity index is 718. The molecule has 1 aliphatic heterocycles. The van der Waals surface area contributed by atoms with E-state index in [9.17, 15) is 9.90 Å². The van der Waals surface area contributed by atoms with Gasteiger partial charge in [-0.25, -0.2) is 4.79 Å². The van der Waals surface area contributed by atoms with Crippen LogP contribution in [0.1, 0.15) is 13.3 Å². The highest BCUT2D eigenvalue weighted by Gasteiger charge is 2.48. The molecule has 0 radical (unpaired) electrons. The predicted octanol–water partition coefficient (Wildman–Crippen LogP) is 4.54. The third-order valence-corrected chi connectivity index (χ3v) is 4.54. The van der Waals surface area contributed by atoms with Crippen LogP contribution in [0.3, 0.4) is 0 Å². The van der Waals surface area contributed by atoms with E-state index in [0.717, 1.165) is 0 Å². The average Bonchev–Trinajstić information content (AvgIpc) is 2.81. The quantitative estimate of drug-likeness (QED) is 0.882. The molecular formula is C17H16Cl2N2O2. The third-order valence-electron chi connectivity index (χ3n) is 4.04. The summed E-state index contributed by atoms with van der Waals surface area (Å²) in [6, 6.07) is 13.6. The minimum atomic E-state index is -1.27. The minimum absolute atomic E-state index is 0.187. The molecule has 3 rings (SSSR count). The second kappa shape index (κ2) is 6.04. The second-order valence-electron chi connectivity index (χ2n) is 5.49. The zero-order chi connectivity index (χ0) is 16.6. The van der Waals surface area contributed by atoms with Gasteiger partial charge in [-0.05, 0) is 55.0 Å². The largest absolute Gasteiger partial charge is 0.369 e. The zero-order valence-corrected chi connectivity index (χ0v) is 14.1. The highest BCUT2D eigenvalue weighted by molar-refractivity contribution is 6.31. The standard InChI is InChI=1S/C17H16Cl2N2O2/c1-2-17(23)11-20(14-7-3-12(18)4-8-14)16(22)21(17)15-9-5-13(19)6-10-15/h3-10,23H,2,11H2,1H3. The summed E-state index contributed by atoms with van der Waals surface area (Å²) >= 11 is 11.8. The summed E-state index contributed by atoms with van der Waals surface area (Å²) in [5, 5.41) is 12.1. The molecule has 2 aromatic rings. The summed E-state index contributed by atoms with van der Waals surface area (Å²) in [6.45, 7) is 2.04. The summed E-state index contributed by atoms with van der Waals surface area (Å²) in [4.78, 5) is 15.8.